The number of nitrogens with zero attached hydrogens (tertiary/aromatic N) is 3. The Bertz CT molecular complexity index is 828. The van der Waals surface area contributed by atoms with Gasteiger partial charge in [0.15, 0.2) is 5.13 Å². The second kappa shape index (κ2) is 7.61. The van der Waals surface area contributed by atoms with Crippen LogP contribution in [0.5, 0.6) is 0 Å². The van der Waals surface area contributed by atoms with Gasteiger partial charge in [0.05, 0.1) is 10.6 Å². The van der Waals surface area contributed by atoms with E-state index in [1.807, 2.05) is 5.38 Å². The first-order valence-corrected chi connectivity index (χ1v) is 10.3. The largest absolute Gasteiger partial charge is 0.302 e. The van der Waals surface area contributed by atoms with Crippen LogP contribution in [0.4, 0.5) is 5.13 Å². The van der Waals surface area contributed by atoms with Gasteiger partial charge < -0.3 is 5.32 Å². The predicted molar refractivity (Wildman–Crippen MR) is 96.9 cm³/mol. The van der Waals surface area contributed by atoms with E-state index in [2.05, 4.69) is 15.2 Å². The van der Waals surface area contributed by atoms with Crippen molar-refractivity contribution in [1.82, 2.24) is 14.2 Å². The van der Waals surface area contributed by atoms with E-state index in [1.165, 1.54) is 22.6 Å². The SMILES string of the molecule is CC(=O)Nc1nc(CN2CCN(S(=O)(=O)c3ccccc3)CC2)cs1. The molecule has 3 rings (SSSR count). The summed E-state index contributed by atoms with van der Waals surface area (Å²) in [7, 11) is -3.42. The van der Waals surface area contributed by atoms with Gasteiger partial charge in [-0.15, -0.1) is 11.3 Å². The number of carbonyl (C=O) groups excluding carboxylic acids is 1. The molecule has 0 radical (unpaired) electrons. The zero-order valence-electron chi connectivity index (χ0n) is 13.9. The molecule has 1 N–H and O–H groups in total. The summed E-state index contributed by atoms with van der Waals surface area (Å²) in [5.41, 5.74) is 0.883. The molecule has 1 aromatic heterocycles. The van der Waals surface area contributed by atoms with Gasteiger partial charge in [-0.2, -0.15) is 4.31 Å². The van der Waals surface area contributed by atoms with Gasteiger partial charge in [-0.25, -0.2) is 13.4 Å². The monoisotopic (exact) mass is 380 g/mol. The summed E-state index contributed by atoms with van der Waals surface area (Å²) in [6, 6.07) is 8.52. The number of sulfonamides is 1. The molecule has 1 saturated heterocycles. The number of hydrogen-bond donors (Lipinski definition) is 1. The average Bonchev–Trinajstić information content (AvgIpc) is 3.02. The van der Waals surface area contributed by atoms with Crippen molar-refractivity contribution in [1.29, 1.82) is 0 Å². The second-order valence-electron chi connectivity index (χ2n) is 5.82. The second-order valence-corrected chi connectivity index (χ2v) is 8.61. The lowest BCUT2D eigenvalue weighted by Crippen LogP contribution is -2.48. The van der Waals surface area contributed by atoms with Crippen LogP contribution in [0.2, 0.25) is 0 Å². The molecule has 1 fully saturated rings. The smallest absolute Gasteiger partial charge is 0.243 e. The maximum atomic E-state index is 12.6. The molecule has 7 nitrogen and oxygen atoms in total. The van der Waals surface area contributed by atoms with Gasteiger partial charge >= 0.3 is 0 Å². The molecule has 0 atom stereocenters. The molecule has 1 aliphatic heterocycles. The topological polar surface area (TPSA) is 82.6 Å². The van der Waals surface area contributed by atoms with E-state index in [-0.39, 0.29) is 5.91 Å². The minimum Gasteiger partial charge on any atom is -0.302 e. The third kappa shape index (κ3) is 4.43. The number of anilines is 1. The number of aromatic nitrogens is 1. The van der Waals surface area contributed by atoms with Crippen LogP contribution in [0.1, 0.15) is 12.6 Å². The van der Waals surface area contributed by atoms with Gasteiger partial charge in [0, 0.05) is 45.0 Å². The van der Waals surface area contributed by atoms with Crippen LogP contribution in [-0.4, -0.2) is 54.7 Å². The van der Waals surface area contributed by atoms with E-state index in [1.54, 1.807) is 30.3 Å². The van der Waals surface area contributed by atoms with Crippen LogP contribution in [0.15, 0.2) is 40.6 Å². The van der Waals surface area contributed by atoms with Crippen LogP contribution in [0, 0.1) is 0 Å². The lowest BCUT2D eigenvalue weighted by Gasteiger charge is -2.33. The minimum absolute atomic E-state index is 0.138. The zero-order chi connectivity index (χ0) is 17.9. The van der Waals surface area contributed by atoms with Crippen molar-refractivity contribution in [2.45, 2.75) is 18.4 Å². The Balaban J connectivity index is 1.57. The lowest BCUT2D eigenvalue weighted by molar-refractivity contribution is -0.114. The Morgan fingerprint density at radius 1 is 1.20 bits per heavy atom. The fraction of sp³-hybridized carbons (Fsp3) is 0.375. The summed E-state index contributed by atoms with van der Waals surface area (Å²) < 4.78 is 26.8. The molecule has 1 aliphatic rings. The fourth-order valence-corrected chi connectivity index (χ4v) is 4.88. The van der Waals surface area contributed by atoms with Crippen molar-refractivity contribution < 1.29 is 13.2 Å². The number of amides is 1. The molecule has 9 heteroatoms. The van der Waals surface area contributed by atoms with Crippen LogP contribution in [0.25, 0.3) is 0 Å². The first-order valence-electron chi connectivity index (χ1n) is 7.95. The number of benzene rings is 1. The number of piperazine rings is 1. The molecule has 0 saturated carbocycles. The molecule has 1 aromatic carbocycles. The van der Waals surface area contributed by atoms with Crippen molar-refractivity contribution in [3.05, 3.63) is 41.4 Å². The quantitative estimate of drug-likeness (QED) is 0.852. The summed E-state index contributed by atoms with van der Waals surface area (Å²) >= 11 is 1.39. The lowest BCUT2D eigenvalue weighted by atomic mass is 10.3. The number of nitrogens with one attached hydrogen (secondary N) is 1. The van der Waals surface area contributed by atoms with E-state index >= 15 is 0 Å². The highest BCUT2D eigenvalue weighted by atomic mass is 32.2. The van der Waals surface area contributed by atoms with Crippen molar-refractivity contribution in [2.24, 2.45) is 0 Å². The molecular weight excluding hydrogens is 360 g/mol. The Morgan fingerprint density at radius 3 is 2.52 bits per heavy atom. The molecule has 2 aromatic rings. The van der Waals surface area contributed by atoms with Gasteiger partial charge in [-0.3, -0.25) is 9.69 Å². The summed E-state index contributed by atoms with van der Waals surface area (Å²) in [6.45, 7) is 4.32. The number of hydrogen-bond acceptors (Lipinski definition) is 6. The first kappa shape index (κ1) is 18.0. The van der Waals surface area contributed by atoms with Crippen LogP contribution < -0.4 is 5.32 Å². The first-order chi connectivity index (χ1) is 11.9. The Morgan fingerprint density at radius 2 is 1.88 bits per heavy atom. The molecule has 0 aliphatic carbocycles. The number of carbonyl (C=O) groups is 1. The molecule has 25 heavy (non-hydrogen) atoms. The van der Waals surface area contributed by atoms with Crippen molar-refractivity contribution in [2.75, 3.05) is 31.5 Å². The Kier molecular flexibility index (Phi) is 5.48. The maximum absolute atomic E-state index is 12.6. The van der Waals surface area contributed by atoms with E-state index in [9.17, 15) is 13.2 Å². The van der Waals surface area contributed by atoms with Crippen molar-refractivity contribution in [3.63, 3.8) is 0 Å². The third-order valence-corrected chi connectivity index (χ3v) is 6.65. The van der Waals surface area contributed by atoms with Gasteiger partial charge in [0.2, 0.25) is 15.9 Å². The van der Waals surface area contributed by atoms with E-state index in [4.69, 9.17) is 0 Å². The van der Waals surface area contributed by atoms with Crippen LogP contribution in [-0.2, 0) is 21.4 Å². The number of rotatable bonds is 5. The van der Waals surface area contributed by atoms with Crippen LogP contribution >= 0.6 is 11.3 Å². The van der Waals surface area contributed by atoms with Crippen molar-refractivity contribution in [3.8, 4) is 0 Å². The Labute approximate surface area is 151 Å². The van der Waals surface area contributed by atoms with Gasteiger partial charge in [-0.05, 0) is 12.1 Å². The molecule has 2 heterocycles. The normalized spacial score (nSPS) is 16.7. The van der Waals surface area contributed by atoms with E-state index < -0.39 is 10.0 Å². The molecular formula is C16H20N4O3S2. The summed E-state index contributed by atoms with van der Waals surface area (Å²) in [6.07, 6.45) is 0. The molecule has 0 bridgehead atoms. The highest BCUT2D eigenvalue weighted by Gasteiger charge is 2.28. The third-order valence-electron chi connectivity index (χ3n) is 3.93. The summed E-state index contributed by atoms with van der Waals surface area (Å²) in [5.74, 6) is -0.138. The van der Waals surface area contributed by atoms with Crippen molar-refractivity contribution >= 4 is 32.4 Å². The van der Waals surface area contributed by atoms with Gasteiger partial charge in [0.25, 0.3) is 0 Å². The summed E-state index contributed by atoms with van der Waals surface area (Å²) in [4.78, 5) is 17.9. The predicted octanol–water partition coefficient (Wildman–Crippen LogP) is 1.61. The number of thiazole rings is 1. The summed E-state index contributed by atoms with van der Waals surface area (Å²) in [5, 5.41) is 5.18. The van der Waals surface area contributed by atoms with Gasteiger partial charge in [0.1, 0.15) is 0 Å². The average molecular weight is 380 g/mol. The molecule has 0 spiro atoms. The highest BCUT2D eigenvalue weighted by molar-refractivity contribution is 7.89. The van der Waals surface area contributed by atoms with Crippen LogP contribution in [0.3, 0.4) is 0 Å². The Hall–Kier alpha value is -1.81. The fourth-order valence-electron chi connectivity index (χ4n) is 2.69. The maximum Gasteiger partial charge on any atom is 0.243 e. The molecule has 0 unspecified atom stereocenters. The van der Waals surface area contributed by atoms with Gasteiger partial charge in [-0.1, -0.05) is 18.2 Å². The minimum atomic E-state index is -3.42. The highest BCUT2D eigenvalue weighted by Crippen LogP contribution is 2.20. The zero-order valence-corrected chi connectivity index (χ0v) is 15.5. The molecule has 134 valence electrons. The standard InChI is InChI=1S/C16H20N4O3S2/c1-13(21)17-16-18-14(12-24-16)11-19-7-9-20(10-8-19)25(22,23)15-5-3-2-4-6-15/h2-6,12H,7-11H2,1H3,(H,17,18,21). The molecule has 1 amide bonds. The van der Waals surface area contributed by atoms with E-state index in [0.29, 0.717) is 42.8 Å². The van der Waals surface area contributed by atoms with E-state index in [0.717, 1.165) is 5.69 Å².